The van der Waals surface area contributed by atoms with E-state index in [1.807, 2.05) is 0 Å². The van der Waals surface area contributed by atoms with E-state index in [9.17, 15) is 23.2 Å². The Morgan fingerprint density at radius 2 is 1.66 bits per heavy atom. The number of hydrogen-bond acceptors (Lipinski definition) is 5. The minimum absolute atomic E-state index is 0.0124. The zero-order chi connectivity index (χ0) is 21.2. The summed E-state index contributed by atoms with van der Waals surface area (Å²) in [5.41, 5.74) is 5.18. The number of nitrogens with one attached hydrogen (secondary N) is 2. The second-order valence-electron chi connectivity index (χ2n) is 5.40. The van der Waals surface area contributed by atoms with Crippen molar-refractivity contribution in [1.82, 2.24) is 10.9 Å². The summed E-state index contributed by atoms with van der Waals surface area (Å²) in [4.78, 5) is 35.1. The number of alkyl halides is 2. The number of carbonyl (C=O) groups is 3. The van der Waals surface area contributed by atoms with Gasteiger partial charge in [-0.25, -0.2) is 4.79 Å². The summed E-state index contributed by atoms with van der Waals surface area (Å²) >= 11 is 3.24. The number of hydrogen-bond donors (Lipinski definition) is 2. The summed E-state index contributed by atoms with van der Waals surface area (Å²) in [5, 5.41) is 0. The van der Waals surface area contributed by atoms with Crippen LogP contribution in [0.2, 0.25) is 0 Å². The van der Waals surface area contributed by atoms with Crippen molar-refractivity contribution < 1.29 is 32.6 Å². The van der Waals surface area contributed by atoms with Crippen LogP contribution in [0.4, 0.5) is 8.78 Å². The van der Waals surface area contributed by atoms with Crippen molar-refractivity contribution in [2.24, 2.45) is 0 Å². The maximum absolute atomic E-state index is 12.1. The molecule has 0 radical (unpaired) electrons. The monoisotopic (exact) mass is 468 g/mol. The van der Waals surface area contributed by atoms with Crippen molar-refractivity contribution in [3.8, 4) is 5.75 Å². The third kappa shape index (κ3) is 8.09. The van der Waals surface area contributed by atoms with Crippen molar-refractivity contribution in [3.05, 3.63) is 70.2 Å². The summed E-state index contributed by atoms with van der Waals surface area (Å²) in [5.74, 6) is -2.07. The molecule has 0 aliphatic rings. The van der Waals surface area contributed by atoms with Gasteiger partial charge in [-0.1, -0.05) is 28.1 Å². The van der Waals surface area contributed by atoms with Crippen molar-refractivity contribution in [2.45, 2.75) is 6.61 Å². The first-order valence-corrected chi connectivity index (χ1v) is 8.87. The number of esters is 1. The molecule has 2 amide bonds. The highest BCUT2D eigenvalue weighted by Gasteiger charge is 2.09. The van der Waals surface area contributed by atoms with Crippen LogP contribution in [0, 0.1) is 0 Å². The predicted molar refractivity (Wildman–Crippen MR) is 103 cm³/mol. The van der Waals surface area contributed by atoms with Crippen molar-refractivity contribution >= 4 is 39.8 Å². The van der Waals surface area contributed by atoms with Crippen molar-refractivity contribution in [2.75, 3.05) is 6.61 Å². The number of halogens is 3. The van der Waals surface area contributed by atoms with Gasteiger partial charge in [0, 0.05) is 16.1 Å². The average molecular weight is 469 g/mol. The normalized spacial score (nSPS) is 10.6. The molecule has 0 atom stereocenters. The molecule has 0 fully saturated rings. The van der Waals surface area contributed by atoms with E-state index in [4.69, 9.17) is 4.74 Å². The van der Waals surface area contributed by atoms with Crippen LogP contribution in [0.1, 0.15) is 15.9 Å². The first kappa shape index (κ1) is 22.0. The van der Waals surface area contributed by atoms with Gasteiger partial charge in [0.05, 0.1) is 0 Å². The van der Waals surface area contributed by atoms with E-state index in [2.05, 4.69) is 31.5 Å². The molecule has 0 saturated carbocycles. The van der Waals surface area contributed by atoms with Crippen LogP contribution in [0.25, 0.3) is 6.08 Å². The molecule has 0 aliphatic heterocycles. The van der Waals surface area contributed by atoms with E-state index >= 15 is 0 Å². The molecular formula is C19H15BrF2N2O5. The fraction of sp³-hybridized carbons (Fsp3) is 0.105. The molecule has 0 heterocycles. The van der Waals surface area contributed by atoms with Crippen LogP contribution in [-0.2, 0) is 14.3 Å². The maximum atomic E-state index is 12.1. The second-order valence-corrected chi connectivity index (χ2v) is 6.31. The van der Waals surface area contributed by atoms with E-state index in [1.165, 1.54) is 30.3 Å². The van der Waals surface area contributed by atoms with Gasteiger partial charge in [-0.15, -0.1) is 0 Å². The predicted octanol–water partition coefficient (Wildman–Crippen LogP) is 3.07. The third-order valence-corrected chi connectivity index (χ3v) is 3.81. The number of ether oxygens (including phenoxy) is 2. The molecule has 2 rings (SSSR count). The van der Waals surface area contributed by atoms with E-state index < -0.39 is 31.0 Å². The minimum Gasteiger partial charge on any atom is -0.452 e. The standard InChI is InChI=1S/C19H15BrF2N2O5/c20-14-6-4-13(5-7-14)18(27)24-23-16(25)11-28-17(26)10-3-12-1-8-15(9-2-12)29-19(21)22/h1-10,19H,11H2,(H,23,25)(H,24,27)/b10-3+. The molecule has 2 N–H and O–H groups in total. The van der Waals surface area contributed by atoms with E-state index in [-0.39, 0.29) is 5.75 Å². The highest BCUT2D eigenvalue weighted by atomic mass is 79.9. The SMILES string of the molecule is O=C(COC(=O)/C=C/c1ccc(OC(F)F)cc1)NNC(=O)c1ccc(Br)cc1. The number of benzene rings is 2. The van der Waals surface area contributed by atoms with Crippen molar-refractivity contribution in [1.29, 1.82) is 0 Å². The van der Waals surface area contributed by atoms with Crippen molar-refractivity contribution in [3.63, 3.8) is 0 Å². The molecule has 0 unspecified atom stereocenters. The van der Waals surface area contributed by atoms with Gasteiger partial charge >= 0.3 is 12.6 Å². The van der Waals surface area contributed by atoms with Crippen LogP contribution in [0.15, 0.2) is 59.1 Å². The first-order chi connectivity index (χ1) is 13.8. The molecule has 0 bridgehead atoms. The molecule has 0 spiro atoms. The van der Waals surface area contributed by atoms with E-state index in [0.717, 1.165) is 10.5 Å². The van der Waals surface area contributed by atoms with Crippen LogP contribution in [-0.4, -0.2) is 31.0 Å². The third-order valence-electron chi connectivity index (χ3n) is 3.28. The summed E-state index contributed by atoms with van der Waals surface area (Å²) in [6, 6.07) is 12.0. The molecule has 2 aromatic rings. The summed E-state index contributed by atoms with van der Waals surface area (Å²) in [6.07, 6.45) is 2.44. The molecule has 0 aromatic heterocycles. The molecule has 7 nitrogen and oxygen atoms in total. The lowest BCUT2D eigenvalue weighted by Crippen LogP contribution is -2.43. The van der Waals surface area contributed by atoms with Gasteiger partial charge in [0.2, 0.25) is 0 Å². The van der Waals surface area contributed by atoms with Crippen LogP contribution in [0.5, 0.6) is 5.75 Å². The number of amides is 2. The van der Waals surface area contributed by atoms with E-state index in [1.54, 1.807) is 24.3 Å². The number of rotatable bonds is 7. The van der Waals surface area contributed by atoms with Gasteiger partial charge in [-0.2, -0.15) is 8.78 Å². The van der Waals surface area contributed by atoms with Gasteiger partial charge in [0.15, 0.2) is 6.61 Å². The Kier molecular flexibility index (Phi) is 8.28. The Morgan fingerprint density at radius 3 is 2.28 bits per heavy atom. The first-order valence-electron chi connectivity index (χ1n) is 8.08. The lowest BCUT2D eigenvalue weighted by atomic mass is 10.2. The molecule has 29 heavy (non-hydrogen) atoms. The van der Waals surface area contributed by atoms with E-state index in [0.29, 0.717) is 11.1 Å². The summed E-state index contributed by atoms with van der Waals surface area (Å²) in [7, 11) is 0. The lowest BCUT2D eigenvalue weighted by molar-refractivity contribution is -0.144. The zero-order valence-corrected chi connectivity index (χ0v) is 16.3. The largest absolute Gasteiger partial charge is 0.452 e. The molecule has 0 saturated heterocycles. The Bertz CT molecular complexity index is 886. The second kappa shape index (κ2) is 10.9. The maximum Gasteiger partial charge on any atom is 0.387 e. The van der Waals surface area contributed by atoms with Crippen LogP contribution < -0.4 is 15.6 Å². The lowest BCUT2D eigenvalue weighted by Gasteiger charge is -2.07. The summed E-state index contributed by atoms with van der Waals surface area (Å²) < 4.78 is 33.9. The molecule has 10 heteroatoms. The molecule has 0 aliphatic carbocycles. The number of carbonyl (C=O) groups excluding carboxylic acids is 3. The summed E-state index contributed by atoms with van der Waals surface area (Å²) in [6.45, 7) is -3.53. The van der Waals surface area contributed by atoms with Crippen LogP contribution in [0.3, 0.4) is 0 Å². The minimum atomic E-state index is -2.92. The Hall–Kier alpha value is -3.27. The van der Waals surface area contributed by atoms with Crippen LogP contribution >= 0.6 is 15.9 Å². The Labute approximate surface area is 172 Å². The van der Waals surface area contributed by atoms with Gasteiger partial charge < -0.3 is 9.47 Å². The Balaban J connectivity index is 1.72. The van der Waals surface area contributed by atoms with Gasteiger partial charge in [0.25, 0.3) is 11.8 Å². The highest BCUT2D eigenvalue weighted by Crippen LogP contribution is 2.15. The highest BCUT2D eigenvalue weighted by molar-refractivity contribution is 9.10. The topological polar surface area (TPSA) is 93.7 Å². The smallest absolute Gasteiger partial charge is 0.387 e. The fourth-order valence-corrected chi connectivity index (χ4v) is 2.21. The van der Waals surface area contributed by atoms with Gasteiger partial charge in [-0.3, -0.25) is 20.4 Å². The molecule has 2 aromatic carbocycles. The molecule has 152 valence electrons. The fourth-order valence-electron chi connectivity index (χ4n) is 1.95. The quantitative estimate of drug-likeness (QED) is 0.370. The average Bonchev–Trinajstić information content (AvgIpc) is 2.70. The number of hydrazine groups is 1. The molecular weight excluding hydrogens is 454 g/mol. The van der Waals surface area contributed by atoms with Gasteiger partial charge in [0.1, 0.15) is 5.75 Å². The Morgan fingerprint density at radius 1 is 1.00 bits per heavy atom. The zero-order valence-electron chi connectivity index (χ0n) is 14.7. The van der Waals surface area contributed by atoms with Gasteiger partial charge in [-0.05, 0) is 48.0 Å².